The van der Waals surface area contributed by atoms with Crippen molar-refractivity contribution in [3.63, 3.8) is 0 Å². The van der Waals surface area contributed by atoms with Crippen molar-refractivity contribution >= 4 is 5.97 Å². The van der Waals surface area contributed by atoms with Crippen LogP contribution in [0.15, 0.2) is 24.3 Å². The summed E-state index contributed by atoms with van der Waals surface area (Å²) in [6.07, 6.45) is 0.630. The van der Waals surface area contributed by atoms with Crippen molar-refractivity contribution in [2.24, 2.45) is 5.92 Å². The Kier molecular flexibility index (Phi) is 3.33. The first-order chi connectivity index (χ1) is 8.09. The van der Waals surface area contributed by atoms with Crippen molar-refractivity contribution in [2.45, 2.75) is 12.3 Å². The molecule has 4 heteroatoms. The van der Waals surface area contributed by atoms with Crippen LogP contribution in [0.5, 0.6) is 5.75 Å². The second kappa shape index (κ2) is 4.75. The summed E-state index contributed by atoms with van der Waals surface area (Å²) in [7, 11) is 1.98. The summed E-state index contributed by atoms with van der Waals surface area (Å²) in [6.45, 7) is 1.47. The molecule has 2 atom stereocenters. The number of hydrogen-bond donors (Lipinski definition) is 2. The van der Waals surface area contributed by atoms with E-state index in [0.29, 0.717) is 13.0 Å². The van der Waals surface area contributed by atoms with Gasteiger partial charge < -0.3 is 15.1 Å². The van der Waals surface area contributed by atoms with Crippen LogP contribution in [0.3, 0.4) is 0 Å². The molecule has 1 aromatic rings. The first kappa shape index (κ1) is 11.9. The van der Waals surface area contributed by atoms with Gasteiger partial charge >= 0.3 is 5.97 Å². The number of aromatic hydroxyl groups is 1. The van der Waals surface area contributed by atoms with Crippen molar-refractivity contribution in [2.75, 3.05) is 20.1 Å². The SMILES string of the molecule is CN1CCC(C(=O)O)C(c2ccccc2O)C1. The maximum absolute atomic E-state index is 11.3. The first-order valence-corrected chi connectivity index (χ1v) is 5.79. The highest BCUT2D eigenvalue weighted by atomic mass is 16.4. The number of nitrogens with zero attached hydrogens (tertiary/aromatic N) is 1. The van der Waals surface area contributed by atoms with Crippen LogP contribution in [-0.2, 0) is 4.79 Å². The van der Waals surface area contributed by atoms with Gasteiger partial charge in [0.05, 0.1) is 5.92 Å². The van der Waals surface area contributed by atoms with E-state index in [2.05, 4.69) is 4.90 Å². The minimum absolute atomic E-state index is 0.132. The molecule has 1 saturated heterocycles. The number of benzene rings is 1. The minimum Gasteiger partial charge on any atom is -0.508 e. The molecule has 1 fully saturated rings. The lowest BCUT2D eigenvalue weighted by Crippen LogP contribution is -2.39. The molecule has 1 aliphatic rings. The van der Waals surface area contributed by atoms with Gasteiger partial charge in [0.2, 0.25) is 0 Å². The number of likely N-dealkylation sites (N-methyl/N-ethyl adjacent to an activating group) is 1. The zero-order chi connectivity index (χ0) is 12.4. The molecule has 0 aliphatic carbocycles. The lowest BCUT2D eigenvalue weighted by molar-refractivity contribution is -0.144. The van der Waals surface area contributed by atoms with Crippen LogP contribution in [0.25, 0.3) is 0 Å². The average molecular weight is 235 g/mol. The summed E-state index contributed by atoms with van der Waals surface area (Å²) < 4.78 is 0. The van der Waals surface area contributed by atoms with Crippen molar-refractivity contribution in [3.05, 3.63) is 29.8 Å². The van der Waals surface area contributed by atoms with Crippen molar-refractivity contribution in [1.82, 2.24) is 4.90 Å². The Morgan fingerprint density at radius 2 is 2.12 bits per heavy atom. The summed E-state index contributed by atoms with van der Waals surface area (Å²) in [4.78, 5) is 13.4. The van der Waals surface area contributed by atoms with E-state index < -0.39 is 11.9 Å². The number of carboxylic acid groups (broad SMARTS) is 1. The van der Waals surface area contributed by atoms with Crippen LogP contribution in [0.2, 0.25) is 0 Å². The van der Waals surface area contributed by atoms with Crippen LogP contribution in [0.4, 0.5) is 0 Å². The number of piperidine rings is 1. The molecule has 0 amide bonds. The first-order valence-electron chi connectivity index (χ1n) is 5.79. The van der Waals surface area contributed by atoms with Crippen LogP contribution in [-0.4, -0.2) is 41.2 Å². The Morgan fingerprint density at radius 3 is 2.76 bits per heavy atom. The topological polar surface area (TPSA) is 60.8 Å². The molecule has 0 aromatic heterocycles. The van der Waals surface area contributed by atoms with Crippen LogP contribution in [0.1, 0.15) is 17.9 Å². The fraction of sp³-hybridized carbons (Fsp3) is 0.462. The van der Waals surface area contributed by atoms with Gasteiger partial charge in [-0.25, -0.2) is 0 Å². The Hall–Kier alpha value is -1.55. The lowest BCUT2D eigenvalue weighted by Gasteiger charge is -2.35. The summed E-state index contributed by atoms with van der Waals surface area (Å²) >= 11 is 0. The molecular formula is C13H17NO3. The fourth-order valence-corrected chi connectivity index (χ4v) is 2.53. The number of phenolic OH excluding ortho intramolecular Hbond substituents is 1. The third-order valence-electron chi connectivity index (χ3n) is 3.47. The van der Waals surface area contributed by atoms with E-state index >= 15 is 0 Å². The number of carboxylic acids is 1. The zero-order valence-corrected chi connectivity index (χ0v) is 9.84. The predicted octanol–water partition coefficient (Wildman–Crippen LogP) is 1.51. The summed E-state index contributed by atoms with van der Waals surface area (Å²) in [5.41, 5.74) is 0.742. The molecule has 1 aromatic carbocycles. The Morgan fingerprint density at radius 1 is 1.41 bits per heavy atom. The predicted molar refractivity (Wildman–Crippen MR) is 64.1 cm³/mol. The number of aliphatic carboxylic acids is 1. The standard InChI is InChI=1S/C13H17NO3/c1-14-7-6-10(13(16)17)11(8-14)9-4-2-3-5-12(9)15/h2-5,10-11,15H,6-8H2,1H3,(H,16,17). The summed E-state index contributed by atoms with van der Waals surface area (Å²) in [5.74, 6) is -1.11. The van der Waals surface area contributed by atoms with Crippen molar-refractivity contribution in [3.8, 4) is 5.75 Å². The molecule has 2 unspecified atom stereocenters. The van der Waals surface area contributed by atoms with Gasteiger partial charge in [-0.15, -0.1) is 0 Å². The zero-order valence-electron chi connectivity index (χ0n) is 9.84. The third kappa shape index (κ3) is 2.42. The van der Waals surface area contributed by atoms with E-state index in [1.807, 2.05) is 19.2 Å². The van der Waals surface area contributed by atoms with Crippen molar-refractivity contribution in [1.29, 1.82) is 0 Å². The molecule has 1 heterocycles. The van der Waals surface area contributed by atoms with E-state index in [9.17, 15) is 15.0 Å². The molecule has 92 valence electrons. The monoisotopic (exact) mass is 235 g/mol. The minimum atomic E-state index is -0.772. The highest BCUT2D eigenvalue weighted by Crippen LogP contribution is 2.36. The lowest BCUT2D eigenvalue weighted by atomic mass is 9.80. The molecule has 2 N–H and O–H groups in total. The molecule has 4 nitrogen and oxygen atoms in total. The van der Waals surface area contributed by atoms with Gasteiger partial charge in [-0.2, -0.15) is 0 Å². The Bertz CT molecular complexity index is 419. The van der Waals surface area contributed by atoms with E-state index in [1.165, 1.54) is 0 Å². The van der Waals surface area contributed by atoms with Gasteiger partial charge in [0.15, 0.2) is 0 Å². The van der Waals surface area contributed by atoms with Gasteiger partial charge in [0.1, 0.15) is 5.75 Å². The van der Waals surface area contributed by atoms with Gasteiger partial charge in [-0.1, -0.05) is 18.2 Å². The smallest absolute Gasteiger partial charge is 0.307 e. The molecular weight excluding hydrogens is 218 g/mol. The van der Waals surface area contributed by atoms with Gasteiger partial charge in [0, 0.05) is 12.5 Å². The van der Waals surface area contributed by atoms with E-state index in [4.69, 9.17) is 0 Å². The number of para-hydroxylation sites is 1. The number of rotatable bonds is 2. The molecule has 1 aliphatic heterocycles. The van der Waals surface area contributed by atoms with Crippen LogP contribution < -0.4 is 0 Å². The summed E-state index contributed by atoms with van der Waals surface area (Å²) in [5, 5.41) is 19.1. The molecule has 0 radical (unpaired) electrons. The van der Waals surface area contributed by atoms with E-state index in [1.54, 1.807) is 12.1 Å². The average Bonchev–Trinajstić information content (AvgIpc) is 2.29. The third-order valence-corrected chi connectivity index (χ3v) is 3.47. The fourth-order valence-electron chi connectivity index (χ4n) is 2.53. The molecule has 2 rings (SSSR count). The van der Waals surface area contributed by atoms with Crippen molar-refractivity contribution < 1.29 is 15.0 Å². The van der Waals surface area contributed by atoms with Gasteiger partial charge in [0.25, 0.3) is 0 Å². The van der Waals surface area contributed by atoms with Crippen LogP contribution >= 0.6 is 0 Å². The Labute approximate surface area is 100 Å². The number of hydrogen-bond acceptors (Lipinski definition) is 3. The highest BCUT2D eigenvalue weighted by Gasteiger charge is 2.35. The molecule has 0 saturated carbocycles. The molecule has 0 bridgehead atoms. The quantitative estimate of drug-likeness (QED) is 0.815. The second-order valence-corrected chi connectivity index (χ2v) is 4.66. The van der Waals surface area contributed by atoms with Gasteiger partial charge in [-0.05, 0) is 31.6 Å². The maximum Gasteiger partial charge on any atom is 0.307 e. The van der Waals surface area contributed by atoms with E-state index in [-0.39, 0.29) is 11.7 Å². The van der Waals surface area contributed by atoms with E-state index in [0.717, 1.165) is 12.1 Å². The summed E-state index contributed by atoms with van der Waals surface area (Å²) in [6, 6.07) is 7.02. The Balaban J connectivity index is 2.32. The largest absolute Gasteiger partial charge is 0.508 e. The number of likely N-dealkylation sites (tertiary alicyclic amines) is 1. The molecule has 0 spiro atoms. The van der Waals surface area contributed by atoms with Crippen LogP contribution in [0, 0.1) is 5.92 Å². The number of carbonyl (C=O) groups is 1. The normalized spacial score (nSPS) is 25.7. The van der Waals surface area contributed by atoms with Gasteiger partial charge in [-0.3, -0.25) is 4.79 Å². The number of phenols is 1. The second-order valence-electron chi connectivity index (χ2n) is 4.66. The highest BCUT2D eigenvalue weighted by molar-refractivity contribution is 5.72. The molecule has 17 heavy (non-hydrogen) atoms. The maximum atomic E-state index is 11.3.